The van der Waals surface area contributed by atoms with E-state index in [2.05, 4.69) is 34.3 Å². The zero-order valence-corrected chi connectivity index (χ0v) is 17.0. The van der Waals surface area contributed by atoms with Gasteiger partial charge in [0.05, 0.1) is 17.9 Å². The van der Waals surface area contributed by atoms with Gasteiger partial charge in [-0.25, -0.2) is 4.79 Å². The molecule has 1 aliphatic heterocycles. The zero-order chi connectivity index (χ0) is 19.8. The molecule has 2 aliphatic rings. The van der Waals surface area contributed by atoms with Gasteiger partial charge in [0.25, 0.3) is 0 Å². The van der Waals surface area contributed by atoms with Gasteiger partial charge in [-0.15, -0.1) is 0 Å². The van der Waals surface area contributed by atoms with Gasteiger partial charge in [-0.3, -0.25) is 0 Å². The van der Waals surface area contributed by atoms with Gasteiger partial charge in [0.15, 0.2) is 0 Å². The summed E-state index contributed by atoms with van der Waals surface area (Å²) in [7, 11) is 0. The van der Waals surface area contributed by atoms with Crippen molar-refractivity contribution in [2.45, 2.75) is 44.3 Å². The molecule has 1 aliphatic carbocycles. The van der Waals surface area contributed by atoms with Crippen molar-refractivity contribution in [3.05, 3.63) is 88.7 Å². The van der Waals surface area contributed by atoms with Crippen molar-refractivity contribution >= 4 is 17.6 Å². The number of halogens is 1. The molecule has 1 aromatic heterocycles. The molecular formula is C24H24ClN3O. The maximum absolute atomic E-state index is 13.5. The molecule has 0 bridgehead atoms. The first kappa shape index (κ1) is 18.3. The fourth-order valence-electron chi connectivity index (χ4n) is 4.69. The highest BCUT2D eigenvalue weighted by atomic mass is 35.5. The number of carbonyl (C=O) groups excluding carboxylic acids is 1. The fourth-order valence-corrected chi connectivity index (χ4v) is 4.93. The summed E-state index contributed by atoms with van der Waals surface area (Å²) in [6, 6.07) is 20.2. The molecule has 0 radical (unpaired) electrons. The Labute approximate surface area is 176 Å². The third-order valence-electron chi connectivity index (χ3n) is 6.11. The molecule has 0 unspecified atom stereocenters. The zero-order valence-electron chi connectivity index (χ0n) is 16.2. The van der Waals surface area contributed by atoms with Crippen LogP contribution < -0.4 is 5.32 Å². The second kappa shape index (κ2) is 7.60. The number of amides is 2. The van der Waals surface area contributed by atoms with E-state index in [4.69, 9.17) is 11.6 Å². The summed E-state index contributed by atoms with van der Waals surface area (Å²) < 4.78 is 2.19. The van der Waals surface area contributed by atoms with Crippen LogP contribution in [0.5, 0.6) is 0 Å². The Morgan fingerprint density at radius 2 is 1.72 bits per heavy atom. The van der Waals surface area contributed by atoms with E-state index in [0.29, 0.717) is 11.6 Å². The molecule has 148 valence electrons. The highest BCUT2D eigenvalue weighted by molar-refractivity contribution is 6.31. The Hall–Kier alpha value is -2.72. The molecular weight excluding hydrogens is 382 g/mol. The number of benzene rings is 2. The summed E-state index contributed by atoms with van der Waals surface area (Å²) in [5.41, 5.74) is 4.23. The molecule has 2 aromatic carbocycles. The molecule has 0 saturated heterocycles. The number of fused-ring (bicyclic) bond motifs is 3. The van der Waals surface area contributed by atoms with Crippen LogP contribution in [0.15, 0.2) is 66.9 Å². The van der Waals surface area contributed by atoms with Crippen LogP contribution in [0.25, 0.3) is 5.69 Å². The Kier molecular flexibility index (Phi) is 4.80. The number of nitrogens with zero attached hydrogens (tertiary/aromatic N) is 2. The predicted molar refractivity (Wildman–Crippen MR) is 115 cm³/mol. The Balaban J connectivity index is 1.64. The molecule has 4 nitrogen and oxygen atoms in total. The van der Waals surface area contributed by atoms with E-state index < -0.39 is 0 Å². The summed E-state index contributed by atoms with van der Waals surface area (Å²) in [5.74, 6) is 0. The molecule has 2 heterocycles. The third kappa shape index (κ3) is 3.32. The number of aromatic nitrogens is 1. The van der Waals surface area contributed by atoms with Crippen LogP contribution in [0.4, 0.5) is 4.79 Å². The van der Waals surface area contributed by atoms with Gasteiger partial charge in [0.2, 0.25) is 0 Å². The summed E-state index contributed by atoms with van der Waals surface area (Å²) in [5, 5.41) is 3.96. The minimum absolute atomic E-state index is 0.0220. The van der Waals surface area contributed by atoms with Crippen molar-refractivity contribution in [2.75, 3.05) is 0 Å². The first-order valence-electron chi connectivity index (χ1n) is 10.3. The molecule has 1 atom stereocenters. The van der Waals surface area contributed by atoms with Gasteiger partial charge in [-0.2, -0.15) is 0 Å². The van der Waals surface area contributed by atoms with Crippen molar-refractivity contribution in [2.24, 2.45) is 0 Å². The molecule has 3 aromatic rings. The summed E-state index contributed by atoms with van der Waals surface area (Å²) in [6.07, 6.45) is 6.55. The standard InChI is InChI=1S/C24H24ClN3O/c25-20-12-5-4-11-19(20)23-22-14-7-15-27(22)21-13-6-1-8-17(21)16-28(23)24(29)26-18-9-2-3-10-18/h1,4-8,11-15,18,23H,2-3,9-10,16H2,(H,26,29)/t23-/m1/s1. The van der Waals surface area contributed by atoms with Gasteiger partial charge < -0.3 is 14.8 Å². The maximum Gasteiger partial charge on any atom is 0.318 e. The number of carbonyl (C=O) groups is 1. The van der Waals surface area contributed by atoms with E-state index in [9.17, 15) is 4.79 Å². The van der Waals surface area contributed by atoms with Gasteiger partial charge >= 0.3 is 6.03 Å². The van der Waals surface area contributed by atoms with E-state index in [0.717, 1.165) is 35.3 Å². The highest BCUT2D eigenvalue weighted by Gasteiger charge is 2.34. The molecule has 1 saturated carbocycles. The molecule has 29 heavy (non-hydrogen) atoms. The molecule has 0 spiro atoms. The lowest BCUT2D eigenvalue weighted by Crippen LogP contribution is -2.45. The number of hydrogen-bond acceptors (Lipinski definition) is 1. The van der Waals surface area contributed by atoms with Gasteiger partial charge in [0.1, 0.15) is 6.04 Å². The van der Waals surface area contributed by atoms with Crippen molar-refractivity contribution in [3.8, 4) is 5.69 Å². The molecule has 2 amide bonds. The maximum atomic E-state index is 13.5. The van der Waals surface area contributed by atoms with E-state index in [1.54, 1.807) is 0 Å². The largest absolute Gasteiger partial charge is 0.335 e. The number of hydrogen-bond donors (Lipinski definition) is 1. The first-order valence-corrected chi connectivity index (χ1v) is 10.7. The van der Waals surface area contributed by atoms with E-state index in [-0.39, 0.29) is 18.1 Å². The quantitative estimate of drug-likeness (QED) is 0.584. The van der Waals surface area contributed by atoms with Crippen LogP contribution in [0.1, 0.15) is 48.5 Å². The van der Waals surface area contributed by atoms with Crippen LogP contribution in [0.2, 0.25) is 5.02 Å². The van der Waals surface area contributed by atoms with Gasteiger partial charge in [-0.05, 0) is 48.2 Å². The van der Waals surface area contributed by atoms with Crippen LogP contribution >= 0.6 is 11.6 Å². The summed E-state index contributed by atoms with van der Waals surface area (Å²) >= 11 is 6.63. The van der Waals surface area contributed by atoms with E-state index >= 15 is 0 Å². The lowest BCUT2D eigenvalue weighted by atomic mass is 10.0. The topological polar surface area (TPSA) is 37.3 Å². The summed E-state index contributed by atoms with van der Waals surface area (Å²) in [4.78, 5) is 15.4. The molecule has 5 rings (SSSR count). The van der Waals surface area contributed by atoms with Gasteiger partial charge in [0, 0.05) is 17.3 Å². The molecule has 1 fully saturated rings. The second-order valence-corrected chi connectivity index (χ2v) is 8.32. The van der Waals surface area contributed by atoms with Crippen molar-refractivity contribution in [1.82, 2.24) is 14.8 Å². The van der Waals surface area contributed by atoms with Crippen LogP contribution in [0.3, 0.4) is 0 Å². The van der Waals surface area contributed by atoms with Crippen molar-refractivity contribution in [3.63, 3.8) is 0 Å². The van der Waals surface area contributed by atoms with Gasteiger partial charge in [-0.1, -0.05) is 60.8 Å². The number of para-hydroxylation sites is 1. The second-order valence-electron chi connectivity index (χ2n) is 7.91. The van der Waals surface area contributed by atoms with E-state index in [1.807, 2.05) is 47.4 Å². The summed E-state index contributed by atoms with van der Waals surface area (Å²) in [6.45, 7) is 0.534. The van der Waals surface area contributed by atoms with Crippen LogP contribution in [-0.4, -0.2) is 21.5 Å². The number of urea groups is 1. The molecule has 5 heteroatoms. The smallest absolute Gasteiger partial charge is 0.318 e. The average Bonchev–Trinajstić information content (AvgIpc) is 3.39. The normalized spacial score (nSPS) is 18.8. The minimum Gasteiger partial charge on any atom is -0.335 e. The Bertz CT molecular complexity index is 1040. The van der Waals surface area contributed by atoms with Crippen molar-refractivity contribution < 1.29 is 4.79 Å². The minimum atomic E-state index is -0.257. The Morgan fingerprint density at radius 1 is 0.966 bits per heavy atom. The third-order valence-corrected chi connectivity index (χ3v) is 6.45. The lowest BCUT2D eigenvalue weighted by molar-refractivity contribution is 0.176. The number of nitrogens with one attached hydrogen (secondary N) is 1. The first-order chi connectivity index (χ1) is 14.2. The SMILES string of the molecule is O=C(NC1CCCC1)N1Cc2ccccc2-n2cccc2[C@H]1c1ccccc1Cl. The van der Waals surface area contributed by atoms with E-state index in [1.165, 1.54) is 12.8 Å². The van der Waals surface area contributed by atoms with Crippen LogP contribution in [0, 0.1) is 0 Å². The van der Waals surface area contributed by atoms with Crippen molar-refractivity contribution in [1.29, 1.82) is 0 Å². The lowest BCUT2D eigenvalue weighted by Gasteiger charge is -2.32. The Morgan fingerprint density at radius 3 is 2.55 bits per heavy atom. The highest BCUT2D eigenvalue weighted by Crippen LogP contribution is 2.39. The number of rotatable bonds is 2. The van der Waals surface area contributed by atoms with Crippen LogP contribution in [-0.2, 0) is 6.54 Å². The molecule has 1 N–H and O–H groups in total. The fraction of sp³-hybridized carbons (Fsp3) is 0.292. The average molecular weight is 406 g/mol. The monoisotopic (exact) mass is 405 g/mol. The predicted octanol–water partition coefficient (Wildman–Crippen LogP) is 5.69.